The van der Waals surface area contributed by atoms with Gasteiger partial charge in [-0.2, -0.15) is 0 Å². The zero-order chi connectivity index (χ0) is 21.8. The highest BCUT2D eigenvalue weighted by atomic mass is 35.5. The second kappa shape index (κ2) is 9.41. The summed E-state index contributed by atoms with van der Waals surface area (Å²) in [6.45, 7) is 4.56. The van der Waals surface area contributed by atoms with Gasteiger partial charge < -0.3 is 15.6 Å². The van der Waals surface area contributed by atoms with Crippen molar-refractivity contribution in [3.05, 3.63) is 81.5 Å². The number of carbonyl (C=O) groups is 1. The molecular formula is C23H26ClN5O2. The van der Waals surface area contributed by atoms with Crippen LogP contribution in [-0.4, -0.2) is 39.6 Å². The molecule has 7 nitrogen and oxygen atoms in total. The number of hydrogen-bond acceptors (Lipinski definition) is 3. The van der Waals surface area contributed by atoms with Crippen LogP contribution in [-0.2, 0) is 6.54 Å². The molecular weight excluding hydrogens is 414 g/mol. The third kappa shape index (κ3) is 5.18. The quantitative estimate of drug-likeness (QED) is 0.563. The molecule has 0 aliphatic carbocycles. The van der Waals surface area contributed by atoms with Crippen LogP contribution in [0, 0.1) is 6.92 Å². The number of nitrogens with zero attached hydrogens (tertiary/aromatic N) is 2. The number of aromatic amines is 1. The van der Waals surface area contributed by atoms with Crippen LogP contribution in [0.1, 0.15) is 24.1 Å². The van der Waals surface area contributed by atoms with Crippen LogP contribution < -0.4 is 16.3 Å². The topological polar surface area (TPSA) is 82.2 Å². The van der Waals surface area contributed by atoms with E-state index in [1.165, 1.54) is 5.56 Å². The highest BCUT2D eigenvalue weighted by molar-refractivity contribution is 6.30. The molecule has 2 heterocycles. The van der Waals surface area contributed by atoms with Gasteiger partial charge in [0.1, 0.15) is 0 Å². The summed E-state index contributed by atoms with van der Waals surface area (Å²) in [4.78, 5) is 29.8. The standard InChI is InChI=1S/C23H26ClN5O2/c1-16-14-25-23(31)29(16)21-5-3-2-4-20(21)27-22(30)26-19-10-12-28(13-11-19)15-17-6-8-18(24)9-7-17/h2-9,14,19H,10-13,15H2,1H3,(H,25,31)(H2,26,27,30). The summed E-state index contributed by atoms with van der Waals surface area (Å²) < 4.78 is 1.55. The number of benzene rings is 2. The monoisotopic (exact) mass is 439 g/mol. The number of amides is 2. The number of para-hydroxylation sites is 2. The number of hydrogen-bond donors (Lipinski definition) is 3. The smallest absolute Gasteiger partial charge is 0.330 e. The van der Waals surface area contributed by atoms with Gasteiger partial charge in [-0.3, -0.25) is 9.47 Å². The Bertz CT molecular complexity index is 1100. The van der Waals surface area contributed by atoms with E-state index in [0.29, 0.717) is 11.4 Å². The predicted octanol–water partition coefficient (Wildman–Crippen LogP) is 3.91. The number of aromatic nitrogens is 2. The zero-order valence-corrected chi connectivity index (χ0v) is 18.2. The SMILES string of the molecule is Cc1c[nH]c(=O)n1-c1ccccc1NC(=O)NC1CCN(Cc2ccc(Cl)cc2)CC1. The molecule has 1 saturated heterocycles. The average Bonchev–Trinajstić information content (AvgIpc) is 3.09. The number of likely N-dealkylation sites (tertiary alicyclic amines) is 1. The van der Waals surface area contributed by atoms with Gasteiger partial charge >= 0.3 is 11.7 Å². The van der Waals surface area contributed by atoms with Crippen LogP contribution in [0.4, 0.5) is 10.5 Å². The number of halogens is 1. The maximum absolute atomic E-state index is 12.6. The summed E-state index contributed by atoms with van der Waals surface area (Å²) in [5, 5.41) is 6.72. The van der Waals surface area contributed by atoms with Crippen molar-refractivity contribution in [1.82, 2.24) is 19.8 Å². The Hall–Kier alpha value is -3.03. The number of nitrogens with one attached hydrogen (secondary N) is 3. The Morgan fingerprint density at radius 2 is 1.84 bits per heavy atom. The van der Waals surface area contributed by atoms with E-state index in [0.717, 1.165) is 43.2 Å². The lowest BCUT2D eigenvalue weighted by Crippen LogP contribution is -2.45. The lowest BCUT2D eigenvalue weighted by Gasteiger charge is -2.32. The fourth-order valence-electron chi connectivity index (χ4n) is 3.96. The maximum atomic E-state index is 12.6. The molecule has 1 aromatic heterocycles. The molecule has 2 aromatic carbocycles. The van der Waals surface area contributed by atoms with E-state index in [9.17, 15) is 9.59 Å². The molecule has 31 heavy (non-hydrogen) atoms. The Morgan fingerprint density at radius 1 is 1.13 bits per heavy atom. The van der Waals surface area contributed by atoms with E-state index in [2.05, 4.69) is 32.7 Å². The van der Waals surface area contributed by atoms with Gasteiger partial charge in [0.25, 0.3) is 0 Å². The maximum Gasteiger partial charge on any atom is 0.330 e. The molecule has 1 aliphatic heterocycles. The first kappa shape index (κ1) is 21.2. The fourth-order valence-corrected chi connectivity index (χ4v) is 4.08. The van der Waals surface area contributed by atoms with Crippen LogP contribution >= 0.6 is 11.6 Å². The van der Waals surface area contributed by atoms with Crippen LogP contribution in [0.3, 0.4) is 0 Å². The van der Waals surface area contributed by atoms with Gasteiger partial charge in [-0.25, -0.2) is 9.59 Å². The molecule has 3 aromatic rings. The number of piperidine rings is 1. The summed E-state index contributed by atoms with van der Waals surface area (Å²) in [7, 11) is 0. The number of rotatable bonds is 5. The van der Waals surface area contributed by atoms with E-state index in [1.54, 1.807) is 16.8 Å². The molecule has 2 amide bonds. The van der Waals surface area contributed by atoms with Crippen molar-refractivity contribution in [2.24, 2.45) is 0 Å². The minimum Gasteiger partial charge on any atom is -0.335 e. The fraction of sp³-hybridized carbons (Fsp3) is 0.304. The van der Waals surface area contributed by atoms with Crippen molar-refractivity contribution in [3.63, 3.8) is 0 Å². The van der Waals surface area contributed by atoms with Crippen molar-refractivity contribution in [3.8, 4) is 5.69 Å². The molecule has 0 atom stereocenters. The Balaban J connectivity index is 1.32. The van der Waals surface area contributed by atoms with E-state index in [4.69, 9.17) is 11.6 Å². The zero-order valence-electron chi connectivity index (χ0n) is 17.4. The van der Waals surface area contributed by atoms with Gasteiger partial charge in [0, 0.05) is 42.6 Å². The normalized spacial score (nSPS) is 15.0. The summed E-state index contributed by atoms with van der Waals surface area (Å²) in [5.41, 5.74) is 3.00. The van der Waals surface area contributed by atoms with Crippen molar-refractivity contribution in [1.29, 1.82) is 0 Å². The molecule has 0 spiro atoms. The highest BCUT2D eigenvalue weighted by Crippen LogP contribution is 2.20. The lowest BCUT2D eigenvalue weighted by atomic mass is 10.0. The molecule has 3 N–H and O–H groups in total. The molecule has 1 fully saturated rings. The minimum absolute atomic E-state index is 0.116. The molecule has 0 unspecified atom stereocenters. The summed E-state index contributed by atoms with van der Waals surface area (Å²) >= 11 is 5.96. The third-order valence-electron chi connectivity index (χ3n) is 5.60. The average molecular weight is 440 g/mol. The van der Waals surface area contributed by atoms with E-state index in [1.807, 2.05) is 37.3 Å². The van der Waals surface area contributed by atoms with Crippen LogP contribution in [0.25, 0.3) is 5.69 Å². The van der Waals surface area contributed by atoms with Crippen LogP contribution in [0.2, 0.25) is 5.02 Å². The third-order valence-corrected chi connectivity index (χ3v) is 5.85. The van der Waals surface area contributed by atoms with Gasteiger partial charge in [-0.05, 0) is 49.6 Å². The second-order valence-electron chi connectivity index (χ2n) is 7.86. The largest absolute Gasteiger partial charge is 0.335 e. The molecule has 8 heteroatoms. The van der Waals surface area contributed by atoms with Gasteiger partial charge in [0.05, 0.1) is 11.4 Å². The van der Waals surface area contributed by atoms with Crippen LogP contribution in [0.15, 0.2) is 59.5 Å². The molecule has 1 aliphatic rings. The van der Waals surface area contributed by atoms with Crippen molar-refractivity contribution < 1.29 is 4.79 Å². The van der Waals surface area contributed by atoms with Crippen molar-refractivity contribution in [2.75, 3.05) is 18.4 Å². The Labute approximate surface area is 186 Å². The molecule has 4 rings (SSSR count). The number of carbonyl (C=O) groups excluding carboxylic acids is 1. The Kier molecular flexibility index (Phi) is 6.44. The van der Waals surface area contributed by atoms with Gasteiger partial charge in [0.2, 0.25) is 0 Å². The number of anilines is 1. The lowest BCUT2D eigenvalue weighted by molar-refractivity contribution is 0.190. The van der Waals surface area contributed by atoms with Gasteiger partial charge in [-0.15, -0.1) is 0 Å². The number of H-pyrrole nitrogens is 1. The predicted molar refractivity (Wildman–Crippen MR) is 123 cm³/mol. The second-order valence-corrected chi connectivity index (χ2v) is 8.30. The first-order chi connectivity index (χ1) is 15.0. The molecule has 162 valence electrons. The highest BCUT2D eigenvalue weighted by Gasteiger charge is 2.21. The minimum atomic E-state index is -0.259. The molecule has 0 bridgehead atoms. The van der Waals surface area contributed by atoms with E-state index < -0.39 is 0 Å². The number of aryl methyl sites for hydroxylation is 1. The van der Waals surface area contributed by atoms with E-state index >= 15 is 0 Å². The first-order valence-electron chi connectivity index (χ1n) is 10.4. The van der Waals surface area contributed by atoms with E-state index in [-0.39, 0.29) is 17.8 Å². The van der Waals surface area contributed by atoms with Gasteiger partial charge in [-0.1, -0.05) is 35.9 Å². The van der Waals surface area contributed by atoms with Crippen LogP contribution in [0.5, 0.6) is 0 Å². The summed E-state index contributed by atoms with van der Waals surface area (Å²) in [6.07, 6.45) is 3.43. The first-order valence-corrected chi connectivity index (χ1v) is 10.8. The summed E-state index contributed by atoms with van der Waals surface area (Å²) in [6, 6.07) is 15.1. The van der Waals surface area contributed by atoms with Gasteiger partial charge in [0.15, 0.2) is 0 Å². The molecule has 0 radical (unpaired) electrons. The number of urea groups is 1. The number of imidazole rings is 1. The molecule has 0 saturated carbocycles. The van der Waals surface area contributed by atoms with Crippen molar-refractivity contribution in [2.45, 2.75) is 32.4 Å². The van der Waals surface area contributed by atoms with Crippen molar-refractivity contribution >= 4 is 23.3 Å². The Morgan fingerprint density at radius 3 is 2.52 bits per heavy atom. The summed E-state index contributed by atoms with van der Waals surface area (Å²) in [5.74, 6) is 0.